The van der Waals surface area contributed by atoms with Gasteiger partial charge in [-0.15, -0.1) is 11.3 Å². The molecule has 0 saturated carbocycles. The lowest BCUT2D eigenvalue weighted by atomic mass is 9.68. The molecule has 0 amide bonds. The number of nitrogens with zero attached hydrogens (tertiary/aromatic N) is 2. The van der Waals surface area contributed by atoms with Crippen LogP contribution in [-0.4, -0.2) is 47.7 Å². The summed E-state index contributed by atoms with van der Waals surface area (Å²) >= 11 is 1.36. The number of ether oxygens (including phenoxy) is 2. The van der Waals surface area contributed by atoms with Gasteiger partial charge in [-0.1, -0.05) is 30.3 Å². The van der Waals surface area contributed by atoms with Crippen molar-refractivity contribution in [3.8, 4) is 11.3 Å². The number of rotatable bonds is 6. The number of esters is 2. The fourth-order valence-corrected chi connectivity index (χ4v) is 5.31. The molecular formula is C25H26N4O4S. The van der Waals surface area contributed by atoms with Crippen LogP contribution in [0.15, 0.2) is 71.5 Å². The van der Waals surface area contributed by atoms with E-state index in [1.54, 1.807) is 12.4 Å². The molecule has 3 unspecified atom stereocenters. The van der Waals surface area contributed by atoms with Gasteiger partial charge in [0, 0.05) is 29.0 Å². The number of anilines is 1. The van der Waals surface area contributed by atoms with E-state index in [4.69, 9.17) is 14.5 Å². The van der Waals surface area contributed by atoms with Gasteiger partial charge in [0.1, 0.15) is 0 Å². The highest BCUT2D eigenvalue weighted by Crippen LogP contribution is 2.45. The van der Waals surface area contributed by atoms with Gasteiger partial charge < -0.3 is 20.1 Å². The molecule has 4 rings (SSSR count). The summed E-state index contributed by atoms with van der Waals surface area (Å²) in [6, 6.07) is 12.7. The summed E-state index contributed by atoms with van der Waals surface area (Å²) in [7, 11) is 2.67. The van der Waals surface area contributed by atoms with Crippen LogP contribution in [0.3, 0.4) is 0 Å². The molecule has 8 nitrogen and oxygen atoms in total. The van der Waals surface area contributed by atoms with Gasteiger partial charge in [-0.25, -0.2) is 14.6 Å². The third kappa shape index (κ3) is 4.03. The van der Waals surface area contributed by atoms with E-state index in [2.05, 4.69) is 15.6 Å². The summed E-state index contributed by atoms with van der Waals surface area (Å²) < 4.78 is 10.5. The predicted octanol–water partition coefficient (Wildman–Crippen LogP) is 3.75. The molecule has 1 aliphatic heterocycles. The van der Waals surface area contributed by atoms with Gasteiger partial charge in [-0.2, -0.15) is 0 Å². The lowest BCUT2D eigenvalue weighted by Crippen LogP contribution is -2.66. The molecular weight excluding hydrogens is 452 g/mol. The first-order valence-corrected chi connectivity index (χ1v) is 11.6. The van der Waals surface area contributed by atoms with Crippen molar-refractivity contribution in [2.45, 2.75) is 31.3 Å². The van der Waals surface area contributed by atoms with Crippen molar-refractivity contribution in [3.63, 3.8) is 0 Å². The van der Waals surface area contributed by atoms with E-state index in [9.17, 15) is 9.59 Å². The second kappa shape index (κ2) is 9.64. The molecule has 1 aromatic carbocycles. The van der Waals surface area contributed by atoms with Gasteiger partial charge >= 0.3 is 11.9 Å². The Hall–Kier alpha value is -3.72. The zero-order chi connectivity index (χ0) is 24.3. The molecule has 176 valence electrons. The fourth-order valence-electron chi connectivity index (χ4n) is 4.52. The zero-order valence-electron chi connectivity index (χ0n) is 19.4. The Balaban J connectivity index is 1.89. The number of hydrogen-bond acceptors (Lipinski definition) is 9. The average Bonchev–Trinajstić information content (AvgIpc) is 3.34. The van der Waals surface area contributed by atoms with E-state index in [-0.39, 0.29) is 0 Å². The van der Waals surface area contributed by atoms with Gasteiger partial charge in [0.2, 0.25) is 0 Å². The van der Waals surface area contributed by atoms with Crippen molar-refractivity contribution in [2.24, 2.45) is 0 Å². The quantitative estimate of drug-likeness (QED) is 0.517. The van der Waals surface area contributed by atoms with Crippen LogP contribution < -0.4 is 10.6 Å². The number of aromatic nitrogens is 2. The van der Waals surface area contributed by atoms with Gasteiger partial charge in [0.15, 0.2) is 10.7 Å². The zero-order valence-corrected chi connectivity index (χ0v) is 20.2. The Morgan fingerprint density at radius 1 is 1.12 bits per heavy atom. The van der Waals surface area contributed by atoms with E-state index in [1.807, 2.05) is 61.7 Å². The highest BCUT2D eigenvalue weighted by atomic mass is 32.1. The first-order valence-electron chi connectivity index (χ1n) is 10.8. The number of allylic oxidation sites excluding steroid dienone is 1. The average molecular weight is 479 g/mol. The van der Waals surface area contributed by atoms with Gasteiger partial charge in [-0.3, -0.25) is 4.98 Å². The minimum absolute atomic E-state index is 0.355. The lowest BCUT2D eigenvalue weighted by Gasteiger charge is -2.47. The van der Waals surface area contributed by atoms with Crippen molar-refractivity contribution in [3.05, 3.63) is 77.1 Å². The van der Waals surface area contributed by atoms with Crippen LogP contribution in [0.2, 0.25) is 0 Å². The number of hydrogen-bond donors (Lipinski definition) is 2. The van der Waals surface area contributed by atoms with Gasteiger partial charge in [-0.05, 0) is 31.5 Å². The van der Waals surface area contributed by atoms with Crippen molar-refractivity contribution in [2.75, 3.05) is 19.5 Å². The molecule has 0 aliphatic carbocycles. The van der Waals surface area contributed by atoms with Gasteiger partial charge in [0.25, 0.3) is 0 Å². The number of benzene rings is 1. The third-order valence-corrected chi connectivity index (χ3v) is 6.86. The Morgan fingerprint density at radius 2 is 1.88 bits per heavy atom. The van der Waals surface area contributed by atoms with Crippen LogP contribution in [-0.2, 0) is 19.1 Å². The molecule has 0 fully saturated rings. The molecule has 2 N–H and O–H groups in total. The molecule has 0 radical (unpaired) electrons. The Kier molecular flexibility index (Phi) is 6.65. The molecule has 3 aromatic rings. The summed E-state index contributed by atoms with van der Waals surface area (Å²) in [5.41, 5.74) is 1.98. The number of carbonyl (C=O) groups is 2. The van der Waals surface area contributed by atoms with Crippen molar-refractivity contribution in [1.29, 1.82) is 0 Å². The molecule has 2 aromatic heterocycles. The number of carbonyl (C=O) groups excluding carboxylic acids is 2. The highest BCUT2D eigenvalue weighted by molar-refractivity contribution is 7.14. The summed E-state index contributed by atoms with van der Waals surface area (Å²) in [4.78, 5) is 35.4. The molecule has 0 spiro atoms. The molecule has 0 saturated heterocycles. The number of methoxy groups -OCH3 is 2. The Bertz CT molecular complexity index is 1210. The predicted molar refractivity (Wildman–Crippen MR) is 130 cm³/mol. The minimum Gasteiger partial charge on any atom is -0.467 e. The van der Waals surface area contributed by atoms with Crippen molar-refractivity contribution < 1.29 is 19.1 Å². The van der Waals surface area contributed by atoms with Crippen LogP contribution in [0.25, 0.3) is 11.3 Å². The maximum absolute atomic E-state index is 13.6. The van der Waals surface area contributed by atoms with Crippen LogP contribution in [0, 0.1) is 0 Å². The highest BCUT2D eigenvalue weighted by Gasteiger charge is 2.58. The standard InChI is InChI=1S/C25H26N4O4S/c1-15-20(22(30)32-3)21(17-9-6-5-7-10-17)25(16(2)27-15,23(31)33-4)29-24-28-19(14-34-24)18-11-8-12-26-13-18/h5-14,16,21,27H,1-4H3,(H,28,29). The van der Waals surface area contributed by atoms with Crippen LogP contribution >= 0.6 is 11.3 Å². The largest absolute Gasteiger partial charge is 0.467 e. The van der Waals surface area contributed by atoms with E-state index >= 15 is 0 Å². The molecule has 3 atom stereocenters. The molecule has 1 aliphatic rings. The smallest absolute Gasteiger partial charge is 0.336 e. The summed E-state index contributed by atoms with van der Waals surface area (Å²) in [5.74, 6) is -1.74. The number of thiazole rings is 1. The van der Waals surface area contributed by atoms with Crippen LogP contribution in [0.5, 0.6) is 0 Å². The maximum Gasteiger partial charge on any atom is 0.336 e. The second-order valence-electron chi connectivity index (χ2n) is 8.01. The summed E-state index contributed by atoms with van der Waals surface area (Å²) in [5, 5.41) is 9.07. The normalized spacial score (nSPS) is 22.0. The monoisotopic (exact) mass is 478 g/mol. The number of pyridine rings is 1. The van der Waals surface area contributed by atoms with Crippen molar-refractivity contribution >= 4 is 28.4 Å². The van der Waals surface area contributed by atoms with E-state index < -0.39 is 29.4 Å². The Labute approximate surface area is 202 Å². The van der Waals surface area contributed by atoms with Crippen LogP contribution in [0.4, 0.5) is 5.13 Å². The maximum atomic E-state index is 13.6. The van der Waals surface area contributed by atoms with Gasteiger partial charge in [0.05, 0.1) is 37.4 Å². The van der Waals surface area contributed by atoms with E-state index in [1.165, 1.54) is 25.6 Å². The van der Waals surface area contributed by atoms with Crippen molar-refractivity contribution in [1.82, 2.24) is 15.3 Å². The minimum atomic E-state index is -1.39. The van der Waals surface area contributed by atoms with E-state index in [0.29, 0.717) is 16.4 Å². The Morgan fingerprint density at radius 3 is 2.53 bits per heavy atom. The summed E-state index contributed by atoms with van der Waals surface area (Å²) in [6.45, 7) is 3.69. The second-order valence-corrected chi connectivity index (χ2v) is 8.86. The first-order chi connectivity index (χ1) is 16.4. The summed E-state index contributed by atoms with van der Waals surface area (Å²) in [6.07, 6.45) is 3.43. The molecule has 0 bridgehead atoms. The lowest BCUT2D eigenvalue weighted by molar-refractivity contribution is -0.148. The first kappa shape index (κ1) is 23.4. The molecule has 3 heterocycles. The number of nitrogens with one attached hydrogen (secondary N) is 2. The fraction of sp³-hybridized carbons (Fsp3) is 0.280. The molecule has 9 heteroatoms. The third-order valence-electron chi connectivity index (χ3n) is 6.10. The topological polar surface area (TPSA) is 102 Å². The van der Waals surface area contributed by atoms with E-state index in [0.717, 1.165) is 16.8 Å². The SMILES string of the molecule is COC(=O)C1=C(C)NC(C)C(Nc2nc(-c3cccnc3)cs2)(C(=O)OC)C1c1ccccc1. The molecule has 34 heavy (non-hydrogen) atoms. The van der Waals surface area contributed by atoms with Crippen LogP contribution in [0.1, 0.15) is 25.3 Å².